The minimum atomic E-state index is -0.474. The molecule has 7 nitrogen and oxygen atoms in total. The molecule has 1 aromatic carbocycles. The van der Waals surface area contributed by atoms with E-state index in [9.17, 15) is 9.59 Å². The Bertz CT molecular complexity index is 626. The zero-order valence-corrected chi connectivity index (χ0v) is 14.0. The van der Waals surface area contributed by atoms with E-state index >= 15 is 0 Å². The Labute approximate surface area is 141 Å². The minimum Gasteiger partial charge on any atom is -0.455 e. The van der Waals surface area contributed by atoms with Crippen LogP contribution < -0.4 is 5.73 Å². The van der Waals surface area contributed by atoms with Gasteiger partial charge in [-0.3, -0.25) is 9.59 Å². The highest BCUT2D eigenvalue weighted by atomic mass is 16.6. The normalized spacial score (nSPS) is 16.2. The Kier molecular flexibility index (Phi) is 6.17. The molecule has 1 aromatic rings. The van der Waals surface area contributed by atoms with Crippen molar-refractivity contribution in [1.82, 2.24) is 4.90 Å². The van der Waals surface area contributed by atoms with Crippen molar-refractivity contribution in [2.24, 2.45) is 5.16 Å². The van der Waals surface area contributed by atoms with E-state index in [0.29, 0.717) is 30.9 Å². The number of anilines is 1. The number of benzene rings is 1. The Morgan fingerprint density at radius 1 is 1.33 bits per heavy atom. The molecule has 7 heteroatoms. The number of amides is 1. The van der Waals surface area contributed by atoms with Gasteiger partial charge < -0.3 is 20.2 Å². The number of likely N-dealkylation sites (N-methyl/N-ethyl adjacent to an activating group) is 1. The summed E-state index contributed by atoms with van der Waals surface area (Å²) in [7, 11) is 0. The molecule has 1 heterocycles. The largest absolute Gasteiger partial charge is 0.455 e. The smallest absolute Gasteiger partial charge is 0.310 e. The van der Waals surface area contributed by atoms with E-state index in [1.165, 1.54) is 0 Å². The third-order valence-corrected chi connectivity index (χ3v) is 3.87. The Balaban J connectivity index is 1.79. The van der Waals surface area contributed by atoms with Crippen LogP contribution in [-0.2, 0) is 19.2 Å². The number of ether oxygens (including phenoxy) is 1. The molecular weight excluding hydrogens is 310 g/mol. The minimum absolute atomic E-state index is 0.0469. The van der Waals surface area contributed by atoms with Crippen molar-refractivity contribution >= 4 is 23.3 Å². The van der Waals surface area contributed by atoms with Crippen LogP contribution in [0.25, 0.3) is 0 Å². The zero-order chi connectivity index (χ0) is 17.5. The van der Waals surface area contributed by atoms with Gasteiger partial charge in [-0.2, -0.15) is 0 Å². The second-order valence-electron chi connectivity index (χ2n) is 5.49. The average molecular weight is 333 g/mol. The highest BCUT2D eigenvalue weighted by Gasteiger charge is 2.26. The van der Waals surface area contributed by atoms with Gasteiger partial charge >= 0.3 is 5.97 Å². The van der Waals surface area contributed by atoms with Crippen LogP contribution in [0.15, 0.2) is 29.4 Å². The van der Waals surface area contributed by atoms with Crippen molar-refractivity contribution in [3.05, 3.63) is 29.8 Å². The Morgan fingerprint density at radius 3 is 2.71 bits per heavy atom. The second kappa shape index (κ2) is 8.33. The maximum absolute atomic E-state index is 11.9. The van der Waals surface area contributed by atoms with Crippen LogP contribution >= 0.6 is 0 Å². The van der Waals surface area contributed by atoms with Crippen molar-refractivity contribution in [3.63, 3.8) is 0 Å². The van der Waals surface area contributed by atoms with E-state index in [0.717, 1.165) is 5.56 Å². The van der Waals surface area contributed by atoms with Gasteiger partial charge in [-0.15, -0.1) is 0 Å². The van der Waals surface area contributed by atoms with Crippen molar-refractivity contribution in [1.29, 1.82) is 0 Å². The molecule has 2 rings (SSSR count). The zero-order valence-electron chi connectivity index (χ0n) is 14.0. The maximum atomic E-state index is 11.9. The van der Waals surface area contributed by atoms with Gasteiger partial charge in [0.05, 0.1) is 12.1 Å². The summed E-state index contributed by atoms with van der Waals surface area (Å²) in [5.41, 5.74) is 8.05. The fourth-order valence-corrected chi connectivity index (χ4v) is 2.51. The first-order valence-corrected chi connectivity index (χ1v) is 8.06. The van der Waals surface area contributed by atoms with Gasteiger partial charge in [0.2, 0.25) is 0 Å². The van der Waals surface area contributed by atoms with Crippen LogP contribution in [-0.4, -0.2) is 48.3 Å². The van der Waals surface area contributed by atoms with Crippen molar-refractivity contribution < 1.29 is 19.2 Å². The first kappa shape index (κ1) is 17.8. The molecule has 0 saturated heterocycles. The molecule has 24 heavy (non-hydrogen) atoms. The second-order valence-corrected chi connectivity index (χ2v) is 5.49. The fraction of sp³-hybridized carbons (Fsp3) is 0.471. The summed E-state index contributed by atoms with van der Waals surface area (Å²) in [6.45, 7) is 4.70. The van der Waals surface area contributed by atoms with Crippen LogP contribution in [0.4, 0.5) is 5.69 Å². The van der Waals surface area contributed by atoms with E-state index in [2.05, 4.69) is 5.16 Å². The van der Waals surface area contributed by atoms with Crippen molar-refractivity contribution in [2.75, 3.05) is 25.4 Å². The number of rotatable bonds is 7. The van der Waals surface area contributed by atoms with Gasteiger partial charge in [0.1, 0.15) is 6.10 Å². The Hall–Kier alpha value is -2.57. The van der Waals surface area contributed by atoms with Crippen LogP contribution in [0.3, 0.4) is 0 Å². The third-order valence-electron chi connectivity index (χ3n) is 3.87. The molecule has 1 aliphatic rings. The first-order chi connectivity index (χ1) is 11.5. The maximum Gasteiger partial charge on any atom is 0.310 e. The number of para-hydroxylation sites is 1. The lowest BCUT2D eigenvalue weighted by molar-refractivity contribution is -0.153. The molecular formula is C17H23N3O4. The van der Waals surface area contributed by atoms with Gasteiger partial charge in [-0.25, -0.2) is 0 Å². The standard InChI is InChI=1S/C17H23N3O4/c1-3-20(4-2)16(21)11-23-17(22)10-12-9-15(19-24-12)13-7-5-6-8-14(13)18/h5-8,12H,3-4,9-11,18H2,1-2H3. The molecule has 0 aliphatic carbocycles. The molecule has 0 fully saturated rings. The molecule has 2 N–H and O–H groups in total. The van der Waals surface area contributed by atoms with E-state index in [-0.39, 0.29) is 18.9 Å². The quantitative estimate of drug-likeness (QED) is 0.604. The first-order valence-electron chi connectivity index (χ1n) is 8.06. The summed E-state index contributed by atoms with van der Waals surface area (Å²) >= 11 is 0. The highest BCUT2D eigenvalue weighted by molar-refractivity contribution is 6.05. The van der Waals surface area contributed by atoms with E-state index in [4.69, 9.17) is 15.3 Å². The number of nitrogens with zero attached hydrogens (tertiary/aromatic N) is 2. The predicted molar refractivity (Wildman–Crippen MR) is 90.4 cm³/mol. The van der Waals surface area contributed by atoms with Crippen molar-refractivity contribution in [2.45, 2.75) is 32.8 Å². The number of oxime groups is 1. The fourth-order valence-electron chi connectivity index (χ4n) is 2.51. The van der Waals surface area contributed by atoms with Gasteiger partial charge in [0.15, 0.2) is 6.61 Å². The molecule has 0 aromatic heterocycles. The van der Waals surface area contributed by atoms with Gasteiger partial charge in [-0.1, -0.05) is 23.4 Å². The topological polar surface area (TPSA) is 94.2 Å². The lowest BCUT2D eigenvalue weighted by atomic mass is 10.0. The van der Waals surface area contributed by atoms with Gasteiger partial charge in [-0.05, 0) is 19.9 Å². The molecule has 1 amide bonds. The number of esters is 1. The molecule has 0 saturated carbocycles. The van der Waals surface area contributed by atoms with Gasteiger partial charge in [0, 0.05) is 30.8 Å². The van der Waals surface area contributed by atoms with Gasteiger partial charge in [0.25, 0.3) is 5.91 Å². The summed E-state index contributed by atoms with van der Waals surface area (Å²) in [6.07, 6.45) is 0.133. The molecule has 0 spiro atoms. The van der Waals surface area contributed by atoms with Crippen molar-refractivity contribution in [3.8, 4) is 0 Å². The number of nitrogen functional groups attached to an aromatic ring is 1. The molecule has 0 bridgehead atoms. The lowest BCUT2D eigenvalue weighted by Crippen LogP contribution is -2.34. The van der Waals surface area contributed by atoms with Crippen LogP contribution in [0.5, 0.6) is 0 Å². The van der Waals surface area contributed by atoms with Crippen LogP contribution in [0, 0.1) is 0 Å². The molecule has 130 valence electrons. The van der Waals surface area contributed by atoms with E-state index in [1.807, 2.05) is 32.0 Å². The molecule has 1 atom stereocenters. The monoisotopic (exact) mass is 333 g/mol. The Morgan fingerprint density at radius 2 is 2.04 bits per heavy atom. The summed E-state index contributed by atoms with van der Waals surface area (Å²) < 4.78 is 5.03. The molecule has 1 unspecified atom stereocenters. The number of carbonyl (C=O) groups excluding carboxylic acids is 2. The molecule has 1 aliphatic heterocycles. The average Bonchev–Trinajstić information content (AvgIpc) is 3.02. The molecule has 0 radical (unpaired) electrons. The van der Waals surface area contributed by atoms with Crippen LogP contribution in [0.2, 0.25) is 0 Å². The number of hydrogen-bond acceptors (Lipinski definition) is 6. The number of carbonyl (C=O) groups is 2. The third kappa shape index (κ3) is 4.47. The number of hydrogen-bond donors (Lipinski definition) is 1. The summed E-state index contributed by atoms with van der Waals surface area (Å²) in [6, 6.07) is 7.37. The number of nitrogens with two attached hydrogens (primary N) is 1. The summed E-state index contributed by atoms with van der Waals surface area (Å²) in [4.78, 5) is 30.6. The van der Waals surface area contributed by atoms with E-state index in [1.54, 1.807) is 11.0 Å². The highest BCUT2D eigenvalue weighted by Crippen LogP contribution is 2.22. The summed E-state index contributed by atoms with van der Waals surface area (Å²) in [5, 5.41) is 4.00. The predicted octanol–water partition coefficient (Wildman–Crippen LogP) is 1.56. The van der Waals surface area contributed by atoms with E-state index < -0.39 is 12.1 Å². The van der Waals surface area contributed by atoms with Crippen LogP contribution in [0.1, 0.15) is 32.3 Å². The lowest BCUT2D eigenvalue weighted by Gasteiger charge is -2.18. The summed E-state index contributed by atoms with van der Waals surface area (Å²) in [5.74, 6) is -0.673. The SMILES string of the molecule is CCN(CC)C(=O)COC(=O)CC1CC(c2ccccc2N)=NO1.